The summed E-state index contributed by atoms with van der Waals surface area (Å²) in [5, 5.41) is 1.25. The Labute approximate surface area is 218 Å². The molecule has 0 spiro atoms. The molecule has 0 aliphatic carbocycles. The largest absolute Gasteiger partial charge is 0.444 e. The predicted molar refractivity (Wildman–Crippen MR) is 134 cm³/mol. The maximum atomic E-state index is 14.1. The summed E-state index contributed by atoms with van der Waals surface area (Å²) in [4.78, 5) is 46.3. The zero-order chi connectivity index (χ0) is 28.1. The number of fused-ring (bicyclic) bond motifs is 2. The number of hydrogen-bond donors (Lipinski definition) is 1. The fourth-order valence-corrected chi connectivity index (χ4v) is 5.26. The Balaban J connectivity index is 1.62. The van der Waals surface area contributed by atoms with Crippen LogP contribution in [0.1, 0.15) is 54.9 Å². The molecule has 10 nitrogen and oxygen atoms in total. The van der Waals surface area contributed by atoms with E-state index in [1.807, 2.05) is 19.2 Å². The van der Waals surface area contributed by atoms with E-state index in [4.69, 9.17) is 14.1 Å². The number of nitrogens with one attached hydrogen (secondary N) is 1. The summed E-state index contributed by atoms with van der Waals surface area (Å²) in [7, 11) is -2.30. The van der Waals surface area contributed by atoms with Crippen LogP contribution in [0.2, 0.25) is 18.1 Å². The number of nitrogens with zero attached hydrogens (tertiary/aromatic N) is 3. The first-order chi connectivity index (χ1) is 16.7. The van der Waals surface area contributed by atoms with Gasteiger partial charge in [0.05, 0.1) is 31.8 Å². The predicted octanol–water partition coefficient (Wildman–Crippen LogP) is 4.05. The first-order valence-electron chi connectivity index (χ1n) is 12.5. The number of alkyl halides is 2. The van der Waals surface area contributed by atoms with E-state index in [9.17, 15) is 23.2 Å². The summed E-state index contributed by atoms with van der Waals surface area (Å²) in [6, 6.07) is -2.63. The first-order valence-corrected chi connectivity index (χ1v) is 15.4. The highest BCUT2D eigenvalue weighted by molar-refractivity contribution is 6.74. The molecule has 0 aromatic heterocycles. The molecule has 13 heteroatoms. The Hall–Kier alpha value is -2.25. The fourth-order valence-electron chi connectivity index (χ4n) is 4.28. The molecule has 0 aromatic rings. The van der Waals surface area contributed by atoms with Crippen molar-refractivity contribution in [1.82, 2.24) is 20.3 Å². The van der Waals surface area contributed by atoms with Crippen LogP contribution in [0.4, 0.5) is 18.4 Å². The standard InChI is InChI=1S/C24H40F2N4O6Si/c1-15-10-16-12-28(20(32)30(16)36-37(8,9)23(5,6)7)18(15)19(31)27-34-13-17-11-24(25,26)14-29(17)21(33)35-22(2,3)4/h10,16-18H,11-14H2,1-9H3,(H,27,31)/t16-,17+,18+/m1/s1. The van der Waals surface area contributed by atoms with Crippen LogP contribution < -0.4 is 5.48 Å². The second-order valence-electron chi connectivity index (χ2n) is 12.6. The van der Waals surface area contributed by atoms with E-state index >= 15 is 0 Å². The number of hydrogen-bond acceptors (Lipinski definition) is 6. The molecule has 3 heterocycles. The highest BCUT2D eigenvalue weighted by atomic mass is 28.4. The Morgan fingerprint density at radius 3 is 2.38 bits per heavy atom. The molecular weight excluding hydrogens is 506 g/mol. The third-order valence-corrected chi connectivity index (χ3v) is 11.4. The molecule has 0 aromatic carbocycles. The average molecular weight is 547 g/mol. The van der Waals surface area contributed by atoms with Crippen LogP contribution >= 0.6 is 0 Å². The Kier molecular flexibility index (Phi) is 7.77. The zero-order valence-electron chi connectivity index (χ0n) is 23.2. The van der Waals surface area contributed by atoms with Crippen molar-refractivity contribution in [2.24, 2.45) is 0 Å². The average Bonchev–Trinajstić information content (AvgIpc) is 3.14. The molecule has 0 saturated carbocycles. The van der Waals surface area contributed by atoms with E-state index in [0.717, 1.165) is 4.90 Å². The van der Waals surface area contributed by atoms with Crippen molar-refractivity contribution in [3.8, 4) is 0 Å². The van der Waals surface area contributed by atoms with Crippen LogP contribution in [0, 0.1) is 0 Å². The van der Waals surface area contributed by atoms with E-state index in [1.54, 1.807) is 27.7 Å². The molecule has 2 bridgehead atoms. The number of hydroxylamine groups is 3. The lowest BCUT2D eigenvalue weighted by molar-refractivity contribution is -0.138. The topological polar surface area (TPSA) is 101 Å². The number of rotatable bonds is 6. The Bertz CT molecular complexity index is 962. The highest BCUT2D eigenvalue weighted by Gasteiger charge is 2.51. The van der Waals surface area contributed by atoms with Gasteiger partial charge in [-0.1, -0.05) is 26.8 Å². The number of carbonyl (C=O) groups excluding carboxylic acids is 3. The molecule has 3 atom stereocenters. The van der Waals surface area contributed by atoms with E-state index < -0.39 is 62.9 Å². The van der Waals surface area contributed by atoms with Crippen LogP contribution in [-0.4, -0.2) is 90.6 Å². The van der Waals surface area contributed by atoms with Crippen LogP contribution in [0.15, 0.2) is 11.6 Å². The zero-order valence-corrected chi connectivity index (χ0v) is 24.2. The van der Waals surface area contributed by atoms with Crippen LogP contribution in [0.5, 0.6) is 0 Å². The second kappa shape index (κ2) is 9.81. The summed E-state index contributed by atoms with van der Waals surface area (Å²) in [6.45, 7) is 16.1. The molecule has 0 radical (unpaired) electrons. The first kappa shape index (κ1) is 29.3. The van der Waals surface area contributed by atoms with Crippen molar-refractivity contribution in [2.75, 3.05) is 19.7 Å². The number of ether oxygens (including phenoxy) is 1. The molecule has 3 aliphatic rings. The SMILES string of the molecule is CC1=C[C@@H]2CN(C(=O)N2O[Si](C)(C)C(C)(C)C)[C@@H]1C(=O)NOC[C@@H]1CC(F)(F)CN1C(=O)OC(C)(C)C. The highest BCUT2D eigenvalue weighted by Crippen LogP contribution is 2.40. The molecule has 37 heavy (non-hydrogen) atoms. The second-order valence-corrected chi connectivity index (χ2v) is 17.3. The van der Waals surface area contributed by atoms with E-state index in [0.29, 0.717) is 5.57 Å². The van der Waals surface area contributed by atoms with E-state index in [2.05, 4.69) is 26.3 Å². The van der Waals surface area contributed by atoms with Crippen molar-refractivity contribution < 1.29 is 37.3 Å². The minimum atomic E-state index is -3.10. The van der Waals surface area contributed by atoms with E-state index in [1.165, 1.54) is 9.96 Å². The maximum Gasteiger partial charge on any atom is 0.410 e. The number of likely N-dealkylation sites (tertiary alicyclic amines) is 1. The number of urea groups is 1. The fraction of sp³-hybridized carbons (Fsp3) is 0.792. The molecule has 2 saturated heterocycles. The van der Waals surface area contributed by atoms with Gasteiger partial charge in [-0.3, -0.25) is 14.5 Å². The lowest BCUT2D eigenvalue weighted by atomic mass is 10.0. The third-order valence-electron chi connectivity index (χ3n) is 7.15. The van der Waals surface area contributed by atoms with Crippen molar-refractivity contribution in [3.63, 3.8) is 0 Å². The summed E-state index contributed by atoms with van der Waals surface area (Å²) in [5.74, 6) is -3.70. The van der Waals surface area contributed by atoms with Gasteiger partial charge in [0, 0.05) is 6.42 Å². The van der Waals surface area contributed by atoms with Gasteiger partial charge in [0.2, 0.25) is 8.32 Å². The molecule has 0 unspecified atom stereocenters. The van der Waals surface area contributed by atoms with Gasteiger partial charge in [-0.2, -0.15) is 0 Å². The summed E-state index contributed by atoms with van der Waals surface area (Å²) >= 11 is 0. The molecular formula is C24H40F2N4O6Si. The van der Waals surface area contributed by atoms with Crippen LogP contribution in [0.25, 0.3) is 0 Å². The van der Waals surface area contributed by atoms with Crippen molar-refractivity contribution >= 4 is 26.3 Å². The normalized spacial score (nSPS) is 25.9. The maximum absolute atomic E-state index is 14.1. The smallest absolute Gasteiger partial charge is 0.410 e. The van der Waals surface area contributed by atoms with Gasteiger partial charge in [-0.15, -0.1) is 0 Å². The van der Waals surface area contributed by atoms with Gasteiger partial charge in [0.15, 0.2) is 0 Å². The Morgan fingerprint density at radius 1 is 1.19 bits per heavy atom. The van der Waals surface area contributed by atoms with Crippen molar-refractivity contribution in [2.45, 2.75) is 103 Å². The summed E-state index contributed by atoms with van der Waals surface area (Å²) < 4.78 is 39.7. The summed E-state index contributed by atoms with van der Waals surface area (Å²) in [6.07, 6.45) is 0.350. The number of carbonyl (C=O) groups is 3. The van der Waals surface area contributed by atoms with Gasteiger partial charge in [-0.05, 0) is 51.4 Å². The monoisotopic (exact) mass is 546 g/mol. The third kappa shape index (κ3) is 6.43. The minimum Gasteiger partial charge on any atom is -0.444 e. The lowest BCUT2D eigenvalue weighted by Gasteiger charge is -2.39. The number of halogens is 2. The molecule has 3 rings (SSSR count). The van der Waals surface area contributed by atoms with Crippen molar-refractivity contribution in [3.05, 3.63) is 11.6 Å². The molecule has 210 valence electrons. The molecule has 2 fully saturated rings. The number of amides is 4. The van der Waals surface area contributed by atoms with Crippen LogP contribution in [0.3, 0.4) is 0 Å². The summed E-state index contributed by atoms with van der Waals surface area (Å²) in [5.41, 5.74) is 2.09. The van der Waals surface area contributed by atoms with Gasteiger partial charge in [0.1, 0.15) is 11.6 Å². The quantitative estimate of drug-likeness (QED) is 0.307. The van der Waals surface area contributed by atoms with Gasteiger partial charge in [0.25, 0.3) is 11.8 Å². The molecule has 3 aliphatic heterocycles. The van der Waals surface area contributed by atoms with Gasteiger partial charge in [-0.25, -0.2) is 28.9 Å². The van der Waals surface area contributed by atoms with Crippen molar-refractivity contribution in [1.29, 1.82) is 0 Å². The minimum absolute atomic E-state index is 0.118. The van der Waals surface area contributed by atoms with Gasteiger partial charge >= 0.3 is 12.1 Å². The van der Waals surface area contributed by atoms with E-state index in [-0.39, 0.29) is 24.2 Å². The molecule has 1 N–H and O–H groups in total. The lowest BCUT2D eigenvalue weighted by Crippen LogP contribution is -2.51. The molecule has 4 amide bonds. The van der Waals surface area contributed by atoms with Crippen LogP contribution in [-0.2, 0) is 18.9 Å². The van der Waals surface area contributed by atoms with Gasteiger partial charge < -0.3 is 14.2 Å². The Morgan fingerprint density at radius 2 is 1.81 bits per heavy atom.